The number of anilines is 1. The summed E-state index contributed by atoms with van der Waals surface area (Å²) in [5, 5.41) is 9.45. The van der Waals surface area contributed by atoms with Crippen LogP contribution in [0.5, 0.6) is 0 Å². The summed E-state index contributed by atoms with van der Waals surface area (Å²) in [7, 11) is -3.99. The Morgan fingerprint density at radius 2 is 1.56 bits per heavy atom. The van der Waals surface area contributed by atoms with Gasteiger partial charge in [0.1, 0.15) is 12.2 Å². The van der Waals surface area contributed by atoms with Crippen molar-refractivity contribution in [2.45, 2.75) is 103 Å². The number of aliphatic hydroxyl groups excluding tert-OH is 1. The van der Waals surface area contributed by atoms with Gasteiger partial charge in [0.15, 0.2) is 0 Å². The molecule has 10 nitrogen and oxygen atoms in total. The highest BCUT2D eigenvalue weighted by Gasteiger charge is 2.22. The molecule has 0 spiro atoms. The Bertz CT molecular complexity index is 778. The first-order chi connectivity index (χ1) is 17.4. The Balaban J connectivity index is 1.99. The topological polar surface area (TPSA) is 146 Å². The minimum Gasteiger partial charge on any atom is -0.394 e. The molecule has 11 heteroatoms. The molecule has 1 heterocycles. The average molecular weight is 534 g/mol. The van der Waals surface area contributed by atoms with Gasteiger partial charge in [-0.1, -0.05) is 77.6 Å². The van der Waals surface area contributed by atoms with E-state index in [4.69, 9.17) is 19.7 Å². The molecule has 2 atom stereocenters. The lowest BCUT2D eigenvalue weighted by molar-refractivity contribution is 0.0162. The summed E-state index contributed by atoms with van der Waals surface area (Å²) in [6.45, 7) is 3.00. The number of unbranched alkanes of at least 4 members (excludes halogenated alkanes) is 11. The summed E-state index contributed by atoms with van der Waals surface area (Å²) in [5.41, 5.74) is 4.85. The summed E-state index contributed by atoms with van der Waals surface area (Å²) in [6, 6.07) is 1.44. The van der Waals surface area contributed by atoms with Gasteiger partial charge in [-0.05, 0) is 18.9 Å². The third-order valence-electron chi connectivity index (χ3n) is 5.84. The fourth-order valence-corrected chi connectivity index (χ4v) is 4.60. The fourth-order valence-electron chi connectivity index (χ4n) is 3.72. The van der Waals surface area contributed by atoms with Gasteiger partial charge in [-0.2, -0.15) is 4.98 Å². The zero-order valence-corrected chi connectivity index (χ0v) is 22.9. The molecule has 0 aliphatic rings. The van der Waals surface area contributed by atoms with E-state index in [1.54, 1.807) is 0 Å². The van der Waals surface area contributed by atoms with Gasteiger partial charge >= 0.3 is 13.3 Å². The number of aromatic nitrogens is 2. The lowest BCUT2D eigenvalue weighted by Gasteiger charge is -2.19. The fraction of sp³-hybridized carbons (Fsp3) is 0.840. The molecule has 0 saturated heterocycles. The van der Waals surface area contributed by atoms with E-state index in [2.05, 4.69) is 11.9 Å². The maximum Gasteiger partial charge on any atom is 0.353 e. The molecule has 4 N–H and O–H groups in total. The van der Waals surface area contributed by atoms with E-state index in [9.17, 15) is 19.4 Å². The molecule has 0 radical (unpaired) electrons. The number of rotatable bonds is 24. The standard InChI is InChI=1S/C25H48N3O7P/c1-2-3-4-5-6-7-8-9-10-11-12-13-17-33-18-14-19-35-36(31,32)22-34-23(21-29)20-28-16-15-24(26)27-25(28)30/h15-16,23,29H,2-14,17-22H2,1H3,(H,31,32)(H2,26,27,30)/t23-/m0/s1. The summed E-state index contributed by atoms with van der Waals surface area (Å²) >= 11 is 0. The van der Waals surface area contributed by atoms with Crippen molar-refractivity contribution in [3.63, 3.8) is 0 Å². The summed E-state index contributed by atoms with van der Waals surface area (Å²) in [5.74, 6) is 0.0871. The third-order valence-corrected chi connectivity index (χ3v) is 6.90. The van der Waals surface area contributed by atoms with Gasteiger partial charge in [-0.15, -0.1) is 0 Å². The van der Waals surface area contributed by atoms with Crippen LogP contribution < -0.4 is 11.4 Å². The first-order valence-corrected chi connectivity index (χ1v) is 15.2. The molecule has 1 aromatic heterocycles. The van der Waals surface area contributed by atoms with Crippen LogP contribution in [0.3, 0.4) is 0 Å². The third kappa shape index (κ3) is 17.2. The maximum atomic E-state index is 12.1. The van der Waals surface area contributed by atoms with Crippen molar-refractivity contribution in [1.29, 1.82) is 0 Å². The van der Waals surface area contributed by atoms with Crippen molar-refractivity contribution >= 4 is 13.4 Å². The molecule has 0 amide bonds. The van der Waals surface area contributed by atoms with Crippen LogP contribution in [0, 0.1) is 0 Å². The zero-order chi connectivity index (χ0) is 26.5. The van der Waals surface area contributed by atoms with E-state index >= 15 is 0 Å². The van der Waals surface area contributed by atoms with Crippen molar-refractivity contribution in [3.05, 3.63) is 22.7 Å². The molecule has 210 valence electrons. The Kier molecular flexibility index (Phi) is 18.9. The maximum absolute atomic E-state index is 12.1. The molecule has 1 rings (SSSR count). The van der Waals surface area contributed by atoms with Crippen LogP contribution in [0.4, 0.5) is 5.82 Å². The molecular formula is C25H48N3O7P. The average Bonchev–Trinajstić information content (AvgIpc) is 2.85. The highest BCUT2D eigenvalue weighted by atomic mass is 31.2. The summed E-state index contributed by atoms with van der Waals surface area (Å²) < 4.78 is 29.3. The van der Waals surface area contributed by atoms with Crippen molar-refractivity contribution < 1.29 is 28.6 Å². The summed E-state index contributed by atoms with van der Waals surface area (Å²) in [6.07, 6.45) is 16.1. The van der Waals surface area contributed by atoms with E-state index in [1.165, 1.54) is 87.5 Å². The van der Waals surface area contributed by atoms with E-state index < -0.39 is 32.3 Å². The van der Waals surface area contributed by atoms with Gasteiger partial charge in [0.2, 0.25) is 0 Å². The molecule has 36 heavy (non-hydrogen) atoms. The Hall–Kier alpha value is -1.29. The monoisotopic (exact) mass is 533 g/mol. The Labute approximate surface area is 216 Å². The van der Waals surface area contributed by atoms with Gasteiger partial charge in [0.25, 0.3) is 0 Å². The number of ether oxygens (including phenoxy) is 2. The second kappa shape index (κ2) is 20.7. The molecule has 0 aromatic carbocycles. The Morgan fingerprint density at radius 3 is 2.14 bits per heavy atom. The van der Waals surface area contributed by atoms with Gasteiger partial charge < -0.3 is 29.7 Å². The van der Waals surface area contributed by atoms with Gasteiger partial charge in [-0.3, -0.25) is 9.13 Å². The molecule has 0 saturated carbocycles. The quantitative estimate of drug-likeness (QED) is 0.129. The molecule has 0 aliphatic heterocycles. The van der Waals surface area contributed by atoms with Crippen molar-refractivity contribution in [2.75, 3.05) is 38.5 Å². The van der Waals surface area contributed by atoms with Crippen LogP contribution in [0.1, 0.15) is 90.4 Å². The number of nitrogen functional groups attached to an aromatic ring is 1. The molecule has 0 bridgehead atoms. The van der Waals surface area contributed by atoms with Crippen LogP contribution in [0.25, 0.3) is 0 Å². The van der Waals surface area contributed by atoms with Crippen LogP contribution >= 0.6 is 7.60 Å². The SMILES string of the molecule is CCCCCCCCCCCCCCOCCCOP(=O)(O)CO[C@H](CO)Cn1ccc(N)nc1=O. The van der Waals surface area contributed by atoms with Gasteiger partial charge in [0, 0.05) is 19.4 Å². The second-order valence-corrected chi connectivity index (χ2v) is 11.0. The highest BCUT2D eigenvalue weighted by Crippen LogP contribution is 2.42. The zero-order valence-electron chi connectivity index (χ0n) is 22.0. The predicted molar refractivity (Wildman–Crippen MR) is 142 cm³/mol. The lowest BCUT2D eigenvalue weighted by atomic mass is 10.1. The first-order valence-electron chi connectivity index (χ1n) is 13.5. The highest BCUT2D eigenvalue weighted by molar-refractivity contribution is 7.52. The number of aliphatic hydroxyl groups is 1. The van der Waals surface area contributed by atoms with Crippen molar-refractivity contribution in [2.24, 2.45) is 0 Å². The molecule has 0 fully saturated rings. The number of hydrogen-bond donors (Lipinski definition) is 3. The van der Waals surface area contributed by atoms with E-state index in [-0.39, 0.29) is 19.0 Å². The van der Waals surface area contributed by atoms with E-state index in [0.717, 1.165) is 6.42 Å². The normalized spacial score (nSPS) is 14.1. The van der Waals surface area contributed by atoms with Crippen LogP contribution in [-0.2, 0) is 25.1 Å². The van der Waals surface area contributed by atoms with E-state index in [1.807, 2.05) is 0 Å². The second-order valence-electron chi connectivity index (χ2n) is 9.21. The van der Waals surface area contributed by atoms with Crippen molar-refractivity contribution in [3.8, 4) is 0 Å². The predicted octanol–water partition coefficient (Wildman–Crippen LogP) is 4.47. The molecule has 1 aromatic rings. The molecule has 0 aliphatic carbocycles. The lowest BCUT2D eigenvalue weighted by Crippen LogP contribution is -2.32. The van der Waals surface area contributed by atoms with Gasteiger partial charge in [0.05, 0.1) is 25.9 Å². The minimum atomic E-state index is -3.99. The van der Waals surface area contributed by atoms with Crippen LogP contribution in [-0.4, -0.2) is 58.4 Å². The number of nitrogens with zero attached hydrogens (tertiary/aromatic N) is 2. The Morgan fingerprint density at radius 1 is 0.972 bits per heavy atom. The first kappa shape index (κ1) is 32.7. The number of hydrogen-bond acceptors (Lipinski definition) is 8. The van der Waals surface area contributed by atoms with Crippen LogP contribution in [0.2, 0.25) is 0 Å². The van der Waals surface area contributed by atoms with Crippen LogP contribution in [0.15, 0.2) is 17.1 Å². The summed E-state index contributed by atoms with van der Waals surface area (Å²) in [4.78, 5) is 25.3. The largest absolute Gasteiger partial charge is 0.394 e. The minimum absolute atomic E-state index is 0.0322. The molecular weight excluding hydrogens is 485 g/mol. The van der Waals surface area contributed by atoms with E-state index in [0.29, 0.717) is 19.6 Å². The number of nitrogens with two attached hydrogens (primary N) is 1. The van der Waals surface area contributed by atoms with Gasteiger partial charge in [-0.25, -0.2) is 4.79 Å². The molecule has 1 unspecified atom stereocenters. The van der Waals surface area contributed by atoms with Crippen molar-refractivity contribution in [1.82, 2.24) is 9.55 Å². The smallest absolute Gasteiger partial charge is 0.353 e.